The average Bonchev–Trinajstić information content (AvgIpc) is 3.16. The molecule has 0 spiro atoms. The molecule has 0 saturated heterocycles. The molecule has 0 saturated carbocycles. The van der Waals surface area contributed by atoms with Crippen LogP contribution in [0.15, 0.2) is 94.7 Å². The van der Waals surface area contributed by atoms with E-state index in [1.54, 1.807) is 18.2 Å². The van der Waals surface area contributed by atoms with Crippen LogP contribution in [0.25, 0.3) is 0 Å². The van der Waals surface area contributed by atoms with Gasteiger partial charge in [0.15, 0.2) is 11.5 Å². The van der Waals surface area contributed by atoms with Gasteiger partial charge in [-0.1, -0.05) is 139 Å². The molecule has 13 heteroatoms. The van der Waals surface area contributed by atoms with Crippen molar-refractivity contribution in [3.05, 3.63) is 96.1 Å². The largest absolute Gasteiger partial charge is 2.00 e. The third-order valence-electron chi connectivity index (χ3n) is 9.43. The Bertz CT molecular complexity index is 1810. The van der Waals surface area contributed by atoms with Crippen LogP contribution in [0.3, 0.4) is 0 Å². The van der Waals surface area contributed by atoms with Crippen LogP contribution in [-0.4, -0.2) is 68.8 Å². The summed E-state index contributed by atoms with van der Waals surface area (Å²) in [4.78, 5) is -0.529. The van der Waals surface area contributed by atoms with Crippen molar-refractivity contribution < 1.29 is 45.6 Å². The zero-order chi connectivity index (χ0) is 40.8. The molecule has 0 unspecified atom stereocenters. The number of para-hydroxylation sites is 2. The van der Waals surface area contributed by atoms with E-state index >= 15 is 0 Å². The molecule has 4 aromatic carbocycles. The number of aromatic hydroxyl groups is 1. The van der Waals surface area contributed by atoms with Gasteiger partial charge in [0.1, 0.15) is 27.4 Å². The summed E-state index contributed by atoms with van der Waals surface area (Å²) in [5.74, 6) is 1.20. The van der Waals surface area contributed by atoms with Crippen LogP contribution in [0.4, 0.5) is 0 Å². The average molecular weight is 851 g/mol. The van der Waals surface area contributed by atoms with Crippen LogP contribution in [0.2, 0.25) is 0 Å². The molecule has 0 bridgehead atoms. The molecule has 0 aliphatic rings. The summed E-state index contributed by atoms with van der Waals surface area (Å²) < 4.78 is 75.4. The summed E-state index contributed by atoms with van der Waals surface area (Å²) in [6.07, 6.45) is 21.1. The first-order chi connectivity index (χ1) is 26.8. The molecular formula is C44H58CaO10S2. The first kappa shape index (κ1) is 50.3. The number of hydrogen-bond acceptors (Lipinski definition) is 9. The maximum Gasteiger partial charge on any atom is 2.00 e. The number of aryl methyl sites for hydroxylation is 2. The molecule has 0 atom stereocenters. The Morgan fingerprint density at radius 3 is 1.37 bits per heavy atom. The van der Waals surface area contributed by atoms with Gasteiger partial charge in [-0.25, -0.2) is 8.42 Å². The van der Waals surface area contributed by atoms with E-state index in [0.717, 1.165) is 49.7 Å². The zero-order valence-corrected chi connectivity index (χ0v) is 37.3. The summed E-state index contributed by atoms with van der Waals surface area (Å²) in [7, 11) is -8.73. The van der Waals surface area contributed by atoms with Crippen LogP contribution in [0.1, 0.15) is 128 Å². The van der Waals surface area contributed by atoms with E-state index in [-0.39, 0.29) is 64.8 Å². The molecule has 0 aliphatic heterocycles. The van der Waals surface area contributed by atoms with E-state index in [9.17, 15) is 31.6 Å². The van der Waals surface area contributed by atoms with Crippen molar-refractivity contribution >= 4 is 58.0 Å². The molecule has 57 heavy (non-hydrogen) atoms. The molecule has 0 fully saturated rings. The van der Waals surface area contributed by atoms with E-state index in [1.165, 1.54) is 126 Å². The maximum absolute atomic E-state index is 12.6. The Hall–Kier alpha value is -2.84. The Labute approximate surface area is 370 Å². The minimum atomic E-state index is -4.50. The maximum atomic E-state index is 12.6. The quantitative estimate of drug-likeness (QED) is 0.0392. The fourth-order valence-electron chi connectivity index (χ4n) is 6.20. The monoisotopic (exact) mass is 850 g/mol. The molecule has 0 heterocycles. The second-order valence-corrected chi connectivity index (χ2v) is 16.8. The zero-order valence-electron chi connectivity index (χ0n) is 33.5. The van der Waals surface area contributed by atoms with Gasteiger partial charge in [0, 0.05) is 0 Å². The van der Waals surface area contributed by atoms with Crippen LogP contribution in [-0.2, 0) is 33.1 Å². The summed E-state index contributed by atoms with van der Waals surface area (Å²) in [6, 6.07) is 21.1. The smallest absolute Gasteiger partial charge is 0.870 e. The van der Waals surface area contributed by atoms with Gasteiger partial charge in [0.05, 0.1) is 9.79 Å². The van der Waals surface area contributed by atoms with Crippen molar-refractivity contribution in [3.63, 3.8) is 0 Å². The van der Waals surface area contributed by atoms with Gasteiger partial charge in [-0.15, -0.1) is 0 Å². The summed E-state index contributed by atoms with van der Waals surface area (Å²) in [5.41, 5.74) is 1.57. The van der Waals surface area contributed by atoms with Gasteiger partial charge >= 0.3 is 37.7 Å². The summed E-state index contributed by atoms with van der Waals surface area (Å²) >= 11 is 0. The third kappa shape index (κ3) is 19.2. The molecule has 2 N–H and O–H groups in total. The predicted octanol–water partition coefficient (Wildman–Crippen LogP) is 10.9. The van der Waals surface area contributed by atoms with Crippen LogP contribution in [0, 0.1) is 0 Å². The molecule has 0 aromatic heterocycles. The van der Waals surface area contributed by atoms with Gasteiger partial charge < -0.3 is 24.2 Å². The van der Waals surface area contributed by atoms with Gasteiger partial charge in [0.25, 0.3) is 10.1 Å². The van der Waals surface area contributed by atoms with Gasteiger partial charge in [0.2, 0.25) is 0 Å². The van der Waals surface area contributed by atoms with E-state index in [1.807, 2.05) is 18.2 Å². The van der Waals surface area contributed by atoms with Crippen LogP contribution in [0.5, 0.6) is 34.5 Å². The van der Waals surface area contributed by atoms with Crippen molar-refractivity contribution in [1.29, 1.82) is 0 Å². The first-order valence-electron chi connectivity index (χ1n) is 19.9. The van der Waals surface area contributed by atoms with Gasteiger partial charge in [-0.3, -0.25) is 4.55 Å². The fraction of sp³-hybridized carbons (Fsp3) is 0.455. The van der Waals surface area contributed by atoms with Crippen molar-refractivity contribution in [2.75, 3.05) is 0 Å². The van der Waals surface area contributed by atoms with Gasteiger partial charge in [-0.2, -0.15) is 8.42 Å². The number of unbranched alkanes of at least 4 members (excludes halogenated alkanes) is 14. The van der Waals surface area contributed by atoms with Crippen molar-refractivity contribution in [3.8, 4) is 34.5 Å². The van der Waals surface area contributed by atoms with Crippen molar-refractivity contribution in [2.45, 2.75) is 139 Å². The Balaban J connectivity index is 0.000000387. The second-order valence-electron chi connectivity index (χ2n) is 14.0. The number of benzene rings is 4. The molecule has 10 nitrogen and oxygen atoms in total. The molecule has 0 radical (unpaired) electrons. The SMILES string of the molecule is CCCCCCCCCCc1cccc(Oc2ccc(S(=O)(=O)O)cc2)c1O.CCCCCCCCCCc1cccc(Oc2ccc(S(=O)(=O)[O-])cc2)c1[O-].[Ca+2]. The summed E-state index contributed by atoms with van der Waals surface area (Å²) in [5, 5.41) is 23.0. The standard InChI is InChI=1S/2C22H30O5S.Ca/c2*1-2-3-4-5-6-7-8-9-11-18-12-10-13-21(22(18)23)27-19-14-16-20(17-15-19)28(24,25)26;/h2*10,12-17,23H,2-9,11H2,1H3,(H,24,25,26);/q;;+2/p-2. The molecule has 0 amide bonds. The van der Waals surface area contributed by atoms with E-state index < -0.39 is 20.2 Å². The third-order valence-corrected chi connectivity index (χ3v) is 11.1. The van der Waals surface area contributed by atoms with E-state index in [2.05, 4.69) is 13.8 Å². The molecule has 308 valence electrons. The first-order valence-corrected chi connectivity index (χ1v) is 22.8. The Kier molecular flexibility index (Phi) is 23.8. The minimum Gasteiger partial charge on any atom is -0.870 e. The van der Waals surface area contributed by atoms with Crippen LogP contribution < -0.4 is 14.6 Å². The number of hydrogen-bond donors (Lipinski definition) is 2. The summed E-state index contributed by atoms with van der Waals surface area (Å²) in [6.45, 7) is 4.43. The Morgan fingerprint density at radius 1 is 0.526 bits per heavy atom. The molecular weight excluding hydrogens is 793 g/mol. The van der Waals surface area contributed by atoms with Crippen molar-refractivity contribution in [2.24, 2.45) is 0 Å². The molecule has 4 rings (SSSR count). The van der Waals surface area contributed by atoms with E-state index in [0.29, 0.717) is 17.2 Å². The van der Waals surface area contributed by atoms with E-state index in [4.69, 9.17) is 14.0 Å². The Morgan fingerprint density at radius 2 is 0.912 bits per heavy atom. The fourth-order valence-corrected chi connectivity index (χ4v) is 7.15. The number of ether oxygens (including phenoxy) is 2. The molecule has 0 aliphatic carbocycles. The normalized spacial score (nSPS) is 11.3. The topological polar surface area (TPSA) is 173 Å². The van der Waals surface area contributed by atoms with Crippen LogP contribution >= 0.6 is 0 Å². The second kappa shape index (κ2) is 27.0. The van der Waals surface area contributed by atoms with Crippen molar-refractivity contribution in [1.82, 2.24) is 0 Å². The molecule has 4 aromatic rings. The van der Waals surface area contributed by atoms with Gasteiger partial charge in [-0.05, 0) is 91.9 Å². The minimum absolute atomic E-state index is 0. The predicted molar refractivity (Wildman–Crippen MR) is 223 cm³/mol. The number of phenolic OH excluding ortho intramolecular Hbond substituents is 1. The number of rotatable bonds is 24. The number of phenols is 1.